The summed E-state index contributed by atoms with van der Waals surface area (Å²) in [5, 5.41) is 3.25. The molecule has 0 unspecified atom stereocenters. The topological polar surface area (TPSA) is 81.6 Å². The molecule has 2 aromatic carbocycles. The molecule has 6 nitrogen and oxygen atoms in total. The lowest BCUT2D eigenvalue weighted by Crippen LogP contribution is -2.14. The van der Waals surface area contributed by atoms with Crippen LogP contribution in [-0.4, -0.2) is 21.6 Å². The Labute approximate surface area is 159 Å². The number of sulfonamides is 1. The quantitative estimate of drug-likeness (QED) is 0.585. The van der Waals surface area contributed by atoms with E-state index in [9.17, 15) is 8.42 Å². The summed E-state index contributed by atoms with van der Waals surface area (Å²) in [6.45, 7) is 2.97. The van der Waals surface area contributed by atoms with Crippen molar-refractivity contribution in [3.05, 3.63) is 78.6 Å². The standard InChI is InChI=1S/C20H21N3O3S/c1-16-13-18(23-27(24,25)20-5-3-2-4-6-20)15-19(14-16)26-12-11-22-17-7-9-21-10-8-17/h2-10,13-15,23H,11-12H2,1H3,(H,21,22)/p+1. The molecule has 27 heavy (non-hydrogen) atoms. The zero-order valence-corrected chi connectivity index (χ0v) is 15.8. The number of rotatable bonds is 8. The molecule has 0 aliphatic heterocycles. The van der Waals surface area contributed by atoms with E-state index < -0.39 is 10.0 Å². The molecule has 3 aromatic rings. The summed E-state index contributed by atoms with van der Waals surface area (Å²) in [4.78, 5) is 3.19. The maximum Gasteiger partial charge on any atom is 0.261 e. The van der Waals surface area contributed by atoms with Gasteiger partial charge in [0.25, 0.3) is 10.0 Å². The Kier molecular flexibility index (Phi) is 5.93. The van der Waals surface area contributed by atoms with E-state index in [1.54, 1.807) is 42.5 Å². The molecule has 0 spiro atoms. The van der Waals surface area contributed by atoms with Gasteiger partial charge in [-0.2, -0.15) is 0 Å². The number of nitrogens with one attached hydrogen (secondary N) is 3. The van der Waals surface area contributed by atoms with Crippen molar-refractivity contribution in [3.63, 3.8) is 0 Å². The van der Waals surface area contributed by atoms with Crippen molar-refractivity contribution in [2.45, 2.75) is 11.8 Å². The molecule has 0 amide bonds. The van der Waals surface area contributed by atoms with Crippen LogP contribution in [0.3, 0.4) is 0 Å². The lowest BCUT2D eigenvalue weighted by atomic mass is 10.2. The van der Waals surface area contributed by atoms with Gasteiger partial charge in [-0.3, -0.25) is 4.72 Å². The fourth-order valence-corrected chi connectivity index (χ4v) is 3.63. The molecule has 3 rings (SSSR count). The molecule has 0 bridgehead atoms. The summed E-state index contributed by atoms with van der Waals surface area (Å²) < 4.78 is 33.3. The monoisotopic (exact) mass is 384 g/mol. The molecule has 3 N–H and O–H groups in total. The van der Waals surface area contributed by atoms with Gasteiger partial charge in [0, 0.05) is 30.4 Å². The van der Waals surface area contributed by atoms with Crippen LogP contribution in [0.15, 0.2) is 78.0 Å². The Morgan fingerprint density at radius 3 is 2.44 bits per heavy atom. The third-order valence-electron chi connectivity index (χ3n) is 3.77. The first kappa shape index (κ1) is 18.7. The first-order valence-corrected chi connectivity index (χ1v) is 10.0. The predicted molar refractivity (Wildman–Crippen MR) is 105 cm³/mol. The Hall–Kier alpha value is -3.06. The highest BCUT2D eigenvalue weighted by molar-refractivity contribution is 7.92. The van der Waals surface area contributed by atoms with Crippen molar-refractivity contribution in [3.8, 4) is 5.75 Å². The number of ether oxygens (including phenoxy) is 1. The number of hydrogen-bond acceptors (Lipinski definition) is 4. The van der Waals surface area contributed by atoms with Crippen molar-refractivity contribution in [2.24, 2.45) is 0 Å². The van der Waals surface area contributed by atoms with Crippen molar-refractivity contribution >= 4 is 21.4 Å². The molecule has 0 saturated carbocycles. The normalized spacial score (nSPS) is 11.0. The Bertz CT molecular complexity index is 978. The fraction of sp³-hybridized carbons (Fsp3) is 0.150. The summed E-state index contributed by atoms with van der Waals surface area (Å²) in [6, 6.07) is 17.5. The number of aryl methyl sites for hydroxylation is 1. The maximum atomic E-state index is 12.5. The van der Waals surface area contributed by atoms with Gasteiger partial charge in [-0.25, -0.2) is 13.4 Å². The Morgan fingerprint density at radius 2 is 1.70 bits per heavy atom. The lowest BCUT2D eigenvalue weighted by Gasteiger charge is -2.12. The molecule has 140 valence electrons. The van der Waals surface area contributed by atoms with Crippen molar-refractivity contribution < 1.29 is 18.1 Å². The van der Waals surface area contributed by atoms with Gasteiger partial charge in [0.1, 0.15) is 12.4 Å². The zero-order chi connectivity index (χ0) is 19.1. The van der Waals surface area contributed by atoms with Crippen LogP contribution < -0.4 is 19.8 Å². The minimum absolute atomic E-state index is 0.221. The highest BCUT2D eigenvalue weighted by Crippen LogP contribution is 2.23. The van der Waals surface area contributed by atoms with Gasteiger partial charge in [-0.1, -0.05) is 18.2 Å². The van der Waals surface area contributed by atoms with Gasteiger partial charge in [0.05, 0.1) is 10.6 Å². The van der Waals surface area contributed by atoms with Gasteiger partial charge in [0.15, 0.2) is 12.4 Å². The minimum atomic E-state index is -3.63. The average Bonchev–Trinajstić information content (AvgIpc) is 2.66. The van der Waals surface area contributed by atoms with E-state index >= 15 is 0 Å². The van der Waals surface area contributed by atoms with Crippen LogP contribution in [0.2, 0.25) is 0 Å². The summed E-state index contributed by atoms with van der Waals surface area (Å²) in [6.07, 6.45) is 3.68. The van der Waals surface area contributed by atoms with Gasteiger partial charge in [0.2, 0.25) is 0 Å². The van der Waals surface area contributed by atoms with Crippen molar-refractivity contribution in [1.82, 2.24) is 0 Å². The second-order valence-electron chi connectivity index (χ2n) is 6.02. The summed E-state index contributed by atoms with van der Waals surface area (Å²) in [5.74, 6) is 0.615. The van der Waals surface area contributed by atoms with Crippen LogP contribution in [0.1, 0.15) is 5.56 Å². The van der Waals surface area contributed by atoms with Crippen molar-refractivity contribution in [1.29, 1.82) is 0 Å². The largest absolute Gasteiger partial charge is 0.492 e. The van der Waals surface area contributed by atoms with Crippen LogP contribution in [0.25, 0.3) is 0 Å². The summed E-state index contributed by atoms with van der Waals surface area (Å²) >= 11 is 0. The minimum Gasteiger partial charge on any atom is -0.492 e. The van der Waals surface area contributed by atoms with E-state index in [1.165, 1.54) is 0 Å². The maximum absolute atomic E-state index is 12.5. The summed E-state index contributed by atoms with van der Waals surface area (Å²) in [7, 11) is -3.63. The molecule has 1 aromatic heterocycles. The second-order valence-corrected chi connectivity index (χ2v) is 7.70. The van der Waals surface area contributed by atoms with Crippen LogP contribution in [0.5, 0.6) is 5.75 Å². The Morgan fingerprint density at radius 1 is 0.963 bits per heavy atom. The van der Waals surface area contributed by atoms with Gasteiger partial charge in [-0.15, -0.1) is 0 Å². The van der Waals surface area contributed by atoms with E-state index in [4.69, 9.17) is 4.74 Å². The molecule has 1 heterocycles. The van der Waals surface area contributed by atoms with E-state index in [1.807, 2.05) is 37.5 Å². The SMILES string of the molecule is Cc1cc(NS(=O)(=O)c2ccccc2)cc(OCCNc2cc[nH+]cc2)c1. The number of benzene rings is 2. The highest BCUT2D eigenvalue weighted by atomic mass is 32.2. The number of aromatic amines is 1. The molecular formula is C20H22N3O3S+. The van der Waals surface area contributed by atoms with E-state index in [0.29, 0.717) is 24.6 Å². The van der Waals surface area contributed by atoms with E-state index in [2.05, 4.69) is 15.0 Å². The zero-order valence-electron chi connectivity index (χ0n) is 15.0. The summed E-state index contributed by atoms with van der Waals surface area (Å²) in [5.41, 5.74) is 2.38. The molecule has 0 saturated heterocycles. The molecule has 0 radical (unpaired) electrons. The molecule has 0 aliphatic rings. The number of aromatic nitrogens is 1. The van der Waals surface area contributed by atoms with E-state index in [-0.39, 0.29) is 4.90 Å². The number of hydrogen-bond donors (Lipinski definition) is 2. The second kappa shape index (κ2) is 8.55. The van der Waals surface area contributed by atoms with Gasteiger partial charge >= 0.3 is 0 Å². The molecule has 0 atom stereocenters. The molecular weight excluding hydrogens is 362 g/mol. The Balaban J connectivity index is 1.62. The molecule has 0 aliphatic carbocycles. The van der Waals surface area contributed by atoms with Gasteiger partial charge < -0.3 is 10.1 Å². The number of H-pyrrole nitrogens is 1. The predicted octanol–water partition coefficient (Wildman–Crippen LogP) is 3.10. The molecule has 7 heteroatoms. The first-order valence-electron chi connectivity index (χ1n) is 8.55. The fourth-order valence-electron chi connectivity index (χ4n) is 2.57. The van der Waals surface area contributed by atoms with E-state index in [0.717, 1.165) is 11.3 Å². The van der Waals surface area contributed by atoms with Crippen LogP contribution >= 0.6 is 0 Å². The van der Waals surface area contributed by atoms with Crippen molar-refractivity contribution in [2.75, 3.05) is 23.2 Å². The van der Waals surface area contributed by atoms with Crippen LogP contribution in [-0.2, 0) is 10.0 Å². The lowest BCUT2D eigenvalue weighted by molar-refractivity contribution is -0.377. The molecule has 0 fully saturated rings. The highest BCUT2D eigenvalue weighted by Gasteiger charge is 2.14. The smallest absolute Gasteiger partial charge is 0.261 e. The van der Waals surface area contributed by atoms with Crippen LogP contribution in [0, 0.1) is 6.92 Å². The number of anilines is 2. The van der Waals surface area contributed by atoms with Crippen LogP contribution in [0.4, 0.5) is 11.4 Å². The first-order chi connectivity index (χ1) is 13.0. The van der Waals surface area contributed by atoms with Gasteiger partial charge in [-0.05, 0) is 36.8 Å². The average molecular weight is 384 g/mol. The third kappa shape index (κ3) is 5.46. The third-order valence-corrected chi connectivity index (χ3v) is 5.17. The number of pyridine rings is 1.